The fourth-order valence-electron chi connectivity index (χ4n) is 3.15. The third kappa shape index (κ3) is 4.06. The first-order valence-corrected chi connectivity index (χ1v) is 11.1. The van der Waals surface area contributed by atoms with Gasteiger partial charge in [-0.05, 0) is 47.9 Å². The minimum atomic E-state index is -3.96. The number of nitrogens with zero attached hydrogens (tertiary/aromatic N) is 1. The van der Waals surface area contributed by atoms with Crippen molar-refractivity contribution >= 4 is 38.2 Å². The molecular formula is C20H16FN3O3S2. The van der Waals surface area contributed by atoms with E-state index in [9.17, 15) is 17.6 Å². The normalized spacial score (nSPS) is 11.6. The van der Waals surface area contributed by atoms with Crippen LogP contribution in [-0.2, 0) is 21.2 Å². The Kier molecular flexibility index (Phi) is 5.16. The zero-order valence-electron chi connectivity index (χ0n) is 15.1. The van der Waals surface area contributed by atoms with Crippen molar-refractivity contribution in [3.05, 3.63) is 71.5 Å². The Hall–Kier alpha value is -3.04. The molecule has 0 aliphatic heterocycles. The molecule has 2 N–H and O–H groups in total. The van der Waals surface area contributed by atoms with Crippen LogP contribution in [-0.4, -0.2) is 24.3 Å². The molecule has 0 bridgehead atoms. The number of para-hydroxylation sites is 1. The standard InChI is InChI=1S/C20H16FN3O3S2/c21-14-7-5-13(6-8-14)19-16(15-3-1-2-4-17(15)23-19)9-10-18(25)24-29(26,27)20-22-11-12-28-20/h1-8,11-12,23H,9-10H2,(H,24,25). The predicted octanol–water partition coefficient (Wildman–Crippen LogP) is 3.87. The monoisotopic (exact) mass is 429 g/mol. The Morgan fingerprint density at radius 2 is 1.90 bits per heavy atom. The molecule has 2 aromatic heterocycles. The van der Waals surface area contributed by atoms with E-state index < -0.39 is 15.9 Å². The Morgan fingerprint density at radius 3 is 2.62 bits per heavy atom. The highest BCUT2D eigenvalue weighted by Crippen LogP contribution is 2.31. The minimum absolute atomic E-state index is 0.0271. The van der Waals surface area contributed by atoms with Gasteiger partial charge >= 0.3 is 0 Å². The molecule has 6 nitrogen and oxygen atoms in total. The third-order valence-electron chi connectivity index (χ3n) is 4.44. The van der Waals surface area contributed by atoms with Crippen LogP contribution in [0, 0.1) is 5.82 Å². The summed E-state index contributed by atoms with van der Waals surface area (Å²) in [5, 5.41) is 2.46. The minimum Gasteiger partial charge on any atom is -0.354 e. The SMILES string of the molecule is O=C(CCc1c(-c2ccc(F)cc2)[nH]c2ccccc12)NS(=O)(=O)c1nccs1. The summed E-state index contributed by atoms with van der Waals surface area (Å²) in [6, 6.07) is 13.7. The molecule has 0 atom stereocenters. The van der Waals surface area contributed by atoms with Gasteiger partial charge in [0.1, 0.15) is 5.82 Å². The second-order valence-electron chi connectivity index (χ2n) is 6.36. The summed E-state index contributed by atoms with van der Waals surface area (Å²) in [5.41, 5.74) is 3.32. The lowest BCUT2D eigenvalue weighted by Gasteiger charge is -2.07. The number of hydrogen-bond acceptors (Lipinski definition) is 5. The van der Waals surface area contributed by atoms with Crippen LogP contribution in [0.1, 0.15) is 12.0 Å². The maximum atomic E-state index is 13.3. The average molecular weight is 429 g/mol. The van der Waals surface area contributed by atoms with E-state index in [1.807, 2.05) is 24.3 Å². The van der Waals surface area contributed by atoms with Gasteiger partial charge < -0.3 is 4.98 Å². The lowest BCUT2D eigenvalue weighted by Crippen LogP contribution is -2.30. The lowest BCUT2D eigenvalue weighted by atomic mass is 10.0. The van der Waals surface area contributed by atoms with Crippen LogP contribution in [0.15, 0.2) is 64.4 Å². The average Bonchev–Trinajstić information content (AvgIpc) is 3.35. The second kappa shape index (κ2) is 7.76. The highest BCUT2D eigenvalue weighted by molar-refractivity contribution is 7.92. The first-order chi connectivity index (χ1) is 13.9. The van der Waals surface area contributed by atoms with Crippen molar-refractivity contribution in [1.29, 1.82) is 0 Å². The second-order valence-corrected chi connectivity index (χ2v) is 9.11. The zero-order chi connectivity index (χ0) is 20.4. The number of nitrogens with one attached hydrogen (secondary N) is 2. The predicted molar refractivity (Wildman–Crippen MR) is 109 cm³/mol. The molecule has 0 aliphatic rings. The molecule has 29 heavy (non-hydrogen) atoms. The smallest absolute Gasteiger partial charge is 0.291 e. The molecule has 0 saturated carbocycles. The van der Waals surface area contributed by atoms with Gasteiger partial charge in [-0.3, -0.25) is 4.79 Å². The Morgan fingerprint density at radius 1 is 1.14 bits per heavy atom. The maximum Gasteiger partial charge on any atom is 0.291 e. The van der Waals surface area contributed by atoms with E-state index >= 15 is 0 Å². The number of amides is 1. The Labute approximate surface area is 170 Å². The molecule has 0 aliphatic carbocycles. The van der Waals surface area contributed by atoms with Gasteiger partial charge in [-0.2, -0.15) is 8.42 Å². The fourth-order valence-corrected chi connectivity index (χ4v) is 5.00. The molecule has 0 unspecified atom stereocenters. The first-order valence-electron chi connectivity index (χ1n) is 8.75. The van der Waals surface area contributed by atoms with Crippen LogP contribution in [0.5, 0.6) is 0 Å². The molecular weight excluding hydrogens is 413 g/mol. The van der Waals surface area contributed by atoms with Crippen molar-refractivity contribution in [2.45, 2.75) is 17.2 Å². The number of carbonyl (C=O) groups excluding carboxylic acids is 1. The molecule has 0 saturated heterocycles. The summed E-state index contributed by atoms with van der Waals surface area (Å²) in [4.78, 5) is 19.4. The van der Waals surface area contributed by atoms with E-state index in [1.54, 1.807) is 12.1 Å². The molecule has 2 heterocycles. The molecule has 0 fully saturated rings. The van der Waals surface area contributed by atoms with E-state index in [-0.39, 0.29) is 16.6 Å². The van der Waals surface area contributed by atoms with Gasteiger partial charge in [0.05, 0.1) is 0 Å². The van der Waals surface area contributed by atoms with E-state index in [2.05, 4.69) is 14.7 Å². The number of carbonyl (C=O) groups is 1. The summed E-state index contributed by atoms with van der Waals surface area (Å²) < 4.78 is 39.6. The van der Waals surface area contributed by atoms with Crippen LogP contribution in [0.3, 0.4) is 0 Å². The molecule has 148 valence electrons. The number of halogens is 1. The van der Waals surface area contributed by atoms with Crippen LogP contribution in [0.2, 0.25) is 0 Å². The van der Waals surface area contributed by atoms with Crippen LogP contribution >= 0.6 is 11.3 Å². The van der Waals surface area contributed by atoms with Gasteiger partial charge in [0, 0.05) is 34.6 Å². The summed E-state index contributed by atoms with van der Waals surface area (Å²) >= 11 is 0.941. The number of rotatable bonds is 6. The van der Waals surface area contributed by atoms with Gasteiger partial charge in [-0.1, -0.05) is 18.2 Å². The van der Waals surface area contributed by atoms with Gasteiger partial charge in [0.2, 0.25) is 10.2 Å². The Bertz CT molecular complexity index is 1260. The van der Waals surface area contributed by atoms with Crippen molar-refractivity contribution in [2.24, 2.45) is 0 Å². The lowest BCUT2D eigenvalue weighted by molar-refractivity contribution is -0.119. The van der Waals surface area contributed by atoms with Crippen molar-refractivity contribution in [3.8, 4) is 11.3 Å². The zero-order valence-corrected chi connectivity index (χ0v) is 16.7. The number of fused-ring (bicyclic) bond motifs is 1. The van der Waals surface area contributed by atoms with Crippen LogP contribution in [0.25, 0.3) is 22.2 Å². The van der Waals surface area contributed by atoms with Crippen LogP contribution < -0.4 is 4.72 Å². The first kappa shape index (κ1) is 19.3. The van der Waals surface area contributed by atoms with Crippen molar-refractivity contribution in [1.82, 2.24) is 14.7 Å². The van der Waals surface area contributed by atoms with Crippen molar-refractivity contribution in [3.63, 3.8) is 0 Å². The number of H-pyrrole nitrogens is 1. The molecule has 0 spiro atoms. The maximum absolute atomic E-state index is 13.3. The number of aromatic amines is 1. The number of aromatic nitrogens is 2. The highest BCUT2D eigenvalue weighted by atomic mass is 32.2. The molecule has 1 amide bonds. The molecule has 4 aromatic rings. The van der Waals surface area contributed by atoms with E-state index in [0.29, 0.717) is 6.42 Å². The van der Waals surface area contributed by atoms with Gasteiger partial charge in [-0.15, -0.1) is 11.3 Å². The van der Waals surface area contributed by atoms with Gasteiger partial charge in [0.15, 0.2) is 0 Å². The van der Waals surface area contributed by atoms with Crippen LogP contribution in [0.4, 0.5) is 4.39 Å². The number of benzene rings is 2. The highest BCUT2D eigenvalue weighted by Gasteiger charge is 2.21. The molecule has 9 heteroatoms. The van der Waals surface area contributed by atoms with E-state index in [1.165, 1.54) is 23.7 Å². The summed E-state index contributed by atoms with van der Waals surface area (Å²) in [7, 11) is -3.96. The molecule has 4 rings (SSSR count). The number of thiazole rings is 1. The summed E-state index contributed by atoms with van der Waals surface area (Å²) in [5.74, 6) is -0.950. The number of sulfonamides is 1. The fraction of sp³-hybridized carbons (Fsp3) is 0.100. The van der Waals surface area contributed by atoms with E-state index in [4.69, 9.17) is 0 Å². The molecule has 0 radical (unpaired) electrons. The quantitative estimate of drug-likeness (QED) is 0.487. The Balaban J connectivity index is 1.59. The topological polar surface area (TPSA) is 91.9 Å². The van der Waals surface area contributed by atoms with Crippen molar-refractivity contribution < 1.29 is 17.6 Å². The van der Waals surface area contributed by atoms with Crippen molar-refractivity contribution in [2.75, 3.05) is 0 Å². The molecule has 2 aromatic carbocycles. The largest absolute Gasteiger partial charge is 0.354 e. The summed E-state index contributed by atoms with van der Waals surface area (Å²) in [6.45, 7) is 0. The van der Waals surface area contributed by atoms with Gasteiger partial charge in [0.25, 0.3) is 10.0 Å². The third-order valence-corrected chi connectivity index (χ3v) is 7.01. The number of aryl methyl sites for hydroxylation is 1. The summed E-state index contributed by atoms with van der Waals surface area (Å²) in [6.07, 6.45) is 1.65. The van der Waals surface area contributed by atoms with Gasteiger partial charge in [-0.25, -0.2) is 14.1 Å². The number of hydrogen-bond donors (Lipinski definition) is 2. The van der Waals surface area contributed by atoms with E-state index in [0.717, 1.165) is 39.1 Å².